The van der Waals surface area contributed by atoms with Crippen molar-refractivity contribution in [2.75, 3.05) is 6.54 Å². The molecule has 5 nitrogen and oxygen atoms in total. The largest absolute Gasteiger partial charge is 0.508 e. The summed E-state index contributed by atoms with van der Waals surface area (Å²) in [5, 5.41) is 9.36. The Bertz CT molecular complexity index is 793. The molecule has 5 heteroatoms. The highest BCUT2D eigenvalue weighted by Crippen LogP contribution is 2.24. The van der Waals surface area contributed by atoms with Gasteiger partial charge in [0.1, 0.15) is 5.75 Å². The van der Waals surface area contributed by atoms with Crippen LogP contribution in [0.5, 0.6) is 5.75 Å². The van der Waals surface area contributed by atoms with Crippen LogP contribution in [0.1, 0.15) is 29.5 Å². The summed E-state index contributed by atoms with van der Waals surface area (Å²) in [5.41, 5.74) is 2.94. The lowest BCUT2D eigenvalue weighted by Gasteiger charge is -2.31. The smallest absolute Gasteiger partial charge is 0.250 e. The molecule has 2 heterocycles. The van der Waals surface area contributed by atoms with Crippen molar-refractivity contribution in [1.82, 2.24) is 9.47 Å². The monoisotopic (exact) mass is 312 g/mol. The first-order chi connectivity index (χ1) is 11.0. The van der Waals surface area contributed by atoms with E-state index in [-0.39, 0.29) is 23.1 Å². The molecule has 1 aliphatic heterocycles. The quantitative estimate of drug-likeness (QED) is 0.919. The van der Waals surface area contributed by atoms with Crippen LogP contribution < -0.4 is 5.56 Å². The highest BCUT2D eigenvalue weighted by Gasteiger charge is 2.26. The van der Waals surface area contributed by atoms with Crippen molar-refractivity contribution in [3.05, 3.63) is 63.6 Å². The Labute approximate surface area is 134 Å². The zero-order valence-electron chi connectivity index (χ0n) is 13.3. The van der Waals surface area contributed by atoms with E-state index in [1.165, 1.54) is 0 Å². The number of rotatable bonds is 2. The molecule has 0 spiro atoms. The number of aryl methyl sites for hydroxylation is 1. The standard InChI is InChI=1S/C18H20N2O3/c1-12(13-3-5-16(21)6-4-13)18(23)20-8-7-14-9-17(22)19(2)10-15(14)11-20/h3-6,9-10,12,21H,7-8,11H2,1-2H3. The van der Waals surface area contributed by atoms with Gasteiger partial charge in [-0.3, -0.25) is 9.59 Å². The summed E-state index contributed by atoms with van der Waals surface area (Å²) in [4.78, 5) is 26.3. The van der Waals surface area contributed by atoms with Crippen LogP contribution in [0.25, 0.3) is 0 Å². The molecule has 1 atom stereocenters. The van der Waals surface area contributed by atoms with E-state index in [4.69, 9.17) is 0 Å². The third-order valence-corrected chi connectivity index (χ3v) is 4.49. The number of hydrogen-bond acceptors (Lipinski definition) is 3. The zero-order chi connectivity index (χ0) is 16.6. The van der Waals surface area contributed by atoms with Gasteiger partial charge in [0.15, 0.2) is 0 Å². The number of phenolic OH excluding ortho intramolecular Hbond substituents is 1. The van der Waals surface area contributed by atoms with Crippen LogP contribution in [0, 0.1) is 0 Å². The van der Waals surface area contributed by atoms with Crippen molar-refractivity contribution < 1.29 is 9.90 Å². The molecule has 2 aromatic rings. The summed E-state index contributed by atoms with van der Waals surface area (Å²) in [6, 6.07) is 8.42. The molecule has 0 radical (unpaired) electrons. The Morgan fingerprint density at radius 3 is 2.61 bits per heavy atom. The molecular weight excluding hydrogens is 292 g/mol. The number of hydrogen-bond donors (Lipinski definition) is 1. The number of carbonyl (C=O) groups excluding carboxylic acids is 1. The average molecular weight is 312 g/mol. The molecule has 0 aliphatic carbocycles. The van der Waals surface area contributed by atoms with Gasteiger partial charge in [-0.05, 0) is 42.2 Å². The third kappa shape index (κ3) is 2.99. The Morgan fingerprint density at radius 2 is 1.91 bits per heavy atom. The van der Waals surface area contributed by atoms with Crippen LogP contribution in [0.4, 0.5) is 0 Å². The maximum atomic E-state index is 12.7. The Hall–Kier alpha value is -2.56. The molecule has 1 unspecified atom stereocenters. The summed E-state index contributed by atoms with van der Waals surface area (Å²) in [6.07, 6.45) is 2.53. The minimum Gasteiger partial charge on any atom is -0.508 e. The number of phenols is 1. The Balaban J connectivity index is 1.79. The molecule has 0 fully saturated rings. The topological polar surface area (TPSA) is 62.5 Å². The normalized spacial score (nSPS) is 15.1. The van der Waals surface area contributed by atoms with E-state index in [0.717, 1.165) is 16.7 Å². The van der Waals surface area contributed by atoms with Crippen molar-refractivity contribution >= 4 is 5.91 Å². The highest BCUT2D eigenvalue weighted by molar-refractivity contribution is 5.83. The van der Waals surface area contributed by atoms with Gasteiger partial charge < -0.3 is 14.6 Å². The number of amides is 1. The maximum absolute atomic E-state index is 12.7. The van der Waals surface area contributed by atoms with E-state index < -0.39 is 0 Å². The number of nitrogens with zero attached hydrogens (tertiary/aromatic N) is 2. The number of benzene rings is 1. The van der Waals surface area contributed by atoms with Gasteiger partial charge in [0.25, 0.3) is 5.56 Å². The summed E-state index contributed by atoms with van der Waals surface area (Å²) in [6.45, 7) is 3.04. The maximum Gasteiger partial charge on any atom is 0.250 e. The number of fused-ring (bicyclic) bond motifs is 1. The van der Waals surface area contributed by atoms with Gasteiger partial charge in [-0.2, -0.15) is 0 Å². The van der Waals surface area contributed by atoms with Crippen LogP contribution in [0.2, 0.25) is 0 Å². The predicted octanol–water partition coefficient (Wildman–Crippen LogP) is 1.78. The van der Waals surface area contributed by atoms with E-state index in [9.17, 15) is 14.7 Å². The second-order valence-corrected chi connectivity index (χ2v) is 6.10. The van der Waals surface area contributed by atoms with Gasteiger partial charge in [-0.1, -0.05) is 12.1 Å². The van der Waals surface area contributed by atoms with Gasteiger partial charge in [-0.15, -0.1) is 0 Å². The third-order valence-electron chi connectivity index (χ3n) is 4.49. The minimum absolute atomic E-state index is 0.0130. The first kappa shape index (κ1) is 15.3. The first-order valence-electron chi connectivity index (χ1n) is 7.72. The van der Waals surface area contributed by atoms with Gasteiger partial charge in [0.2, 0.25) is 5.91 Å². The molecule has 120 valence electrons. The number of pyridine rings is 1. The summed E-state index contributed by atoms with van der Waals surface area (Å²) in [7, 11) is 1.72. The lowest BCUT2D eigenvalue weighted by Crippen LogP contribution is -2.39. The summed E-state index contributed by atoms with van der Waals surface area (Å²) >= 11 is 0. The molecule has 1 N–H and O–H groups in total. The molecule has 1 aromatic carbocycles. The Morgan fingerprint density at radius 1 is 1.22 bits per heavy atom. The van der Waals surface area contributed by atoms with E-state index in [1.807, 2.05) is 18.0 Å². The molecular formula is C18H20N2O3. The van der Waals surface area contributed by atoms with Crippen LogP contribution in [-0.2, 0) is 24.8 Å². The van der Waals surface area contributed by atoms with Crippen LogP contribution in [0.3, 0.4) is 0 Å². The fourth-order valence-electron chi connectivity index (χ4n) is 3.01. The molecule has 3 rings (SSSR count). The zero-order valence-corrected chi connectivity index (χ0v) is 13.3. The van der Waals surface area contributed by atoms with Crippen molar-refractivity contribution in [1.29, 1.82) is 0 Å². The lowest BCUT2D eigenvalue weighted by molar-refractivity contribution is -0.133. The first-order valence-corrected chi connectivity index (χ1v) is 7.72. The molecule has 1 aliphatic rings. The van der Waals surface area contributed by atoms with Gasteiger partial charge in [0, 0.05) is 32.4 Å². The molecule has 0 bridgehead atoms. The fraction of sp³-hybridized carbons (Fsp3) is 0.333. The summed E-state index contributed by atoms with van der Waals surface area (Å²) in [5.74, 6) is 0.00101. The molecule has 23 heavy (non-hydrogen) atoms. The van der Waals surface area contributed by atoms with Gasteiger partial charge in [0.05, 0.1) is 5.92 Å². The van der Waals surface area contributed by atoms with E-state index in [1.54, 1.807) is 41.9 Å². The predicted molar refractivity (Wildman–Crippen MR) is 87.3 cm³/mol. The second kappa shape index (κ2) is 5.91. The number of carbonyl (C=O) groups is 1. The SMILES string of the molecule is CC(C(=O)N1CCc2cc(=O)n(C)cc2C1)c1ccc(O)cc1. The second-order valence-electron chi connectivity index (χ2n) is 6.10. The molecule has 1 aromatic heterocycles. The molecule has 1 amide bonds. The van der Waals surface area contributed by atoms with Crippen molar-refractivity contribution in [3.63, 3.8) is 0 Å². The Kier molecular flexibility index (Phi) is 3.94. The number of aromatic hydroxyl groups is 1. The highest BCUT2D eigenvalue weighted by atomic mass is 16.3. The van der Waals surface area contributed by atoms with E-state index >= 15 is 0 Å². The van der Waals surface area contributed by atoms with Crippen molar-refractivity contribution in [3.8, 4) is 5.75 Å². The van der Waals surface area contributed by atoms with Crippen LogP contribution in [-0.4, -0.2) is 27.0 Å². The molecule has 0 saturated heterocycles. The van der Waals surface area contributed by atoms with Gasteiger partial charge in [-0.25, -0.2) is 0 Å². The minimum atomic E-state index is -0.260. The van der Waals surface area contributed by atoms with E-state index in [0.29, 0.717) is 19.5 Å². The average Bonchev–Trinajstić information content (AvgIpc) is 2.55. The van der Waals surface area contributed by atoms with Crippen molar-refractivity contribution in [2.24, 2.45) is 7.05 Å². The lowest BCUT2D eigenvalue weighted by atomic mass is 9.96. The van der Waals surface area contributed by atoms with Crippen LogP contribution >= 0.6 is 0 Å². The molecule has 0 saturated carbocycles. The van der Waals surface area contributed by atoms with Crippen molar-refractivity contribution in [2.45, 2.75) is 25.8 Å². The van der Waals surface area contributed by atoms with Gasteiger partial charge >= 0.3 is 0 Å². The fourth-order valence-corrected chi connectivity index (χ4v) is 3.01. The van der Waals surface area contributed by atoms with Crippen LogP contribution in [0.15, 0.2) is 41.3 Å². The number of aromatic nitrogens is 1. The summed E-state index contributed by atoms with van der Waals surface area (Å²) < 4.78 is 1.55. The van der Waals surface area contributed by atoms with E-state index in [2.05, 4.69) is 0 Å².